The summed E-state index contributed by atoms with van der Waals surface area (Å²) in [6, 6.07) is 5.53. The summed E-state index contributed by atoms with van der Waals surface area (Å²) >= 11 is 0. The first-order chi connectivity index (χ1) is 6.69. The molecule has 0 spiro atoms. The molecule has 0 fully saturated rings. The topological polar surface area (TPSA) is 89.6 Å². The number of aromatic nitrogens is 1. The van der Waals surface area contributed by atoms with Gasteiger partial charge in [0.05, 0.1) is 22.8 Å². The minimum atomic E-state index is 0.677. The molecule has 0 unspecified atom stereocenters. The normalized spacial score (nSPS) is 13.0. The Morgan fingerprint density at radius 2 is 1.50 bits per heavy atom. The maximum atomic E-state index is 5.16. The van der Waals surface area contributed by atoms with Crippen molar-refractivity contribution in [3.8, 4) is 0 Å². The van der Waals surface area contributed by atoms with Crippen LogP contribution in [-0.4, -0.2) is 16.4 Å². The Labute approximate surface area is 82.5 Å². The van der Waals surface area contributed by atoms with Gasteiger partial charge in [-0.05, 0) is 26.0 Å². The summed E-state index contributed by atoms with van der Waals surface area (Å²) in [5, 5.41) is 7.14. The highest BCUT2D eigenvalue weighted by atomic mass is 15.1. The maximum absolute atomic E-state index is 5.16. The molecule has 5 nitrogen and oxygen atoms in total. The molecule has 1 heterocycles. The van der Waals surface area contributed by atoms with Crippen LogP contribution in [0.1, 0.15) is 25.2 Å². The fourth-order valence-electron chi connectivity index (χ4n) is 0.970. The van der Waals surface area contributed by atoms with Crippen molar-refractivity contribution in [2.24, 2.45) is 21.9 Å². The Bertz CT molecular complexity index is 347. The number of hydrazone groups is 2. The van der Waals surface area contributed by atoms with E-state index in [1.807, 2.05) is 18.2 Å². The lowest BCUT2D eigenvalue weighted by atomic mass is 10.2. The van der Waals surface area contributed by atoms with E-state index >= 15 is 0 Å². The molecule has 5 heteroatoms. The molecule has 14 heavy (non-hydrogen) atoms. The molecular formula is C9H13N5. The molecule has 1 rings (SSSR count). The van der Waals surface area contributed by atoms with Crippen molar-refractivity contribution in [2.45, 2.75) is 13.8 Å². The Morgan fingerprint density at radius 3 is 1.86 bits per heavy atom. The predicted octanol–water partition coefficient (Wildman–Crippen LogP) is 0.447. The summed E-state index contributed by atoms with van der Waals surface area (Å²) in [5.41, 5.74) is 2.81. The van der Waals surface area contributed by atoms with Crippen LogP contribution in [0.15, 0.2) is 28.4 Å². The average Bonchev–Trinajstić information content (AvgIpc) is 2.27. The Morgan fingerprint density at radius 1 is 1.07 bits per heavy atom. The molecule has 0 saturated carbocycles. The van der Waals surface area contributed by atoms with Crippen LogP contribution in [0, 0.1) is 0 Å². The molecule has 0 aliphatic carbocycles. The van der Waals surface area contributed by atoms with Gasteiger partial charge in [-0.2, -0.15) is 10.2 Å². The van der Waals surface area contributed by atoms with Crippen molar-refractivity contribution < 1.29 is 0 Å². The maximum Gasteiger partial charge on any atom is 0.0867 e. The number of hydrogen-bond acceptors (Lipinski definition) is 5. The summed E-state index contributed by atoms with van der Waals surface area (Å²) in [6.45, 7) is 3.59. The SMILES string of the molecule is C/C(=N\N)c1cccc(/C(C)=N/N)n1. The molecule has 0 aromatic carbocycles. The third-order valence-corrected chi connectivity index (χ3v) is 1.88. The van der Waals surface area contributed by atoms with Crippen LogP contribution >= 0.6 is 0 Å². The highest BCUT2D eigenvalue weighted by Crippen LogP contribution is 2.01. The largest absolute Gasteiger partial charge is 0.323 e. The predicted molar refractivity (Wildman–Crippen MR) is 57.0 cm³/mol. The summed E-state index contributed by atoms with van der Waals surface area (Å²) in [5.74, 6) is 10.3. The van der Waals surface area contributed by atoms with Crippen LogP contribution in [0.2, 0.25) is 0 Å². The number of hydrogen-bond donors (Lipinski definition) is 2. The van der Waals surface area contributed by atoms with E-state index in [0.29, 0.717) is 11.4 Å². The second kappa shape index (κ2) is 4.36. The van der Waals surface area contributed by atoms with Crippen LogP contribution < -0.4 is 11.7 Å². The van der Waals surface area contributed by atoms with Crippen LogP contribution in [0.5, 0.6) is 0 Å². The third kappa shape index (κ3) is 2.07. The average molecular weight is 191 g/mol. The van der Waals surface area contributed by atoms with Crippen molar-refractivity contribution in [3.05, 3.63) is 29.6 Å². The molecular weight excluding hydrogens is 178 g/mol. The van der Waals surface area contributed by atoms with Gasteiger partial charge in [-0.25, -0.2) is 4.98 Å². The quantitative estimate of drug-likeness (QED) is 0.404. The zero-order valence-electron chi connectivity index (χ0n) is 8.23. The number of nitrogens with zero attached hydrogens (tertiary/aromatic N) is 3. The summed E-state index contributed by atoms with van der Waals surface area (Å²) in [4.78, 5) is 4.29. The zero-order chi connectivity index (χ0) is 10.6. The first-order valence-electron chi connectivity index (χ1n) is 4.15. The monoisotopic (exact) mass is 191 g/mol. The third-order valence-electron chi connectivity index (χ3n) is 1.88. The Hall–Kier alpha value is -1.91. The molecule has 0 bridgehead atoms. The Balaban J connectivity index is 3.14. The highest BCUT2D eigenvalue weighted by Gasteiger charge is 2.02. The lowest BCUT2D eigenvalue weighted by Crippen LogP contribution is -2.07. The minimum absolute atomic E-state index is 0.677. The van der Waals surface area contributed by atoms with Crippen molar-refractivity contribution in [2.75, 3.05) is 0 Å². The van der Waals surface area contributed by atoms with E-state index in [1.165, 1.54) is 0 Å². The second-order valence-corrected chi connectivity index (χ2v) is 2.84. The molecule has 0 amide bonds. The van der Waals surface area contributed by atoms with E-state index in [1.54, 1.807) is 13.8 Å². The van der Waals surface area contributed by atoms with E-state index in [4.69, 9.17) is 11.7 Å². The van der Waals surface area contributed by atoms with Crippen LogP contribution in [0.3, 0.4) is 0 Å². The van der Waals surface area contributed by atoms with Crippen molar-refractivity contribution in [3.63, 3.8) is 0 Å². The first kappa shape index (κ1) is 10.2. The number of nitrogens with two attached hydrogens (primary N) is 2. The highest BCUT2D eigenvalue weighted by molar-refractivity contribution is 6.00. The Kier molecular flexibility index (Phi) is 3.17. The molecule has 0 aliphatic rings. The summed E-state index contributed by atoms with van der Waals surface area (Å²) in [6.07, 6.45) is 0. The second-order valence-electron chi connectivity index (χ2n) is 2.84. The van der Waals surface area contributed by atoms with Crippen molar-refractivity contribution in [1.29, 1.82) is 0 Å². The van der Waals surface area contributed by atoms with Gasteiger partial charge in [0.1, 0.15) is 0 Å². The number of pyridine rings is 1. The minimum Gasteiger partial charge on any atom is -0.323 e. The molecule has 0 saturated heterocycles. The van der Waals surface area contributed by atoms with Crippen LogP contribution in [0.4, 0.5) is 0 Å². The van der Waals surface area contributed by atoms with E-state index in [9.17, 15) is 0 Å². The van der Waals surface area contributed by atoms with Crippen LogP contribution in [0.25, 0.3) is 0 Å². The molecule has 0 aliphatic heterocycles. The van der Waals surface area contributed by atoms with Gasteiger partial charge in [-0.15, -0.1) is 0 Å². The molecule has 1 aromatic heterocycles. The lowest BCUT2D eigenvalue weighted by Gasteiger charge is -2.01. The van der Waals surface area contributed by atoms with Gasteiger partial charge in [-0.3, -0.25) is 0 Å². The summed E-state index contributed by atoms with van der Waals surface area (Å²) < 4.78 is 0. The van der Waals surface area contributed by atoms with Crippen molar-refractivity contribution >= 4 is 11.4 Å². The van der Waals surface area contributed by atoms with Gasteiger partial charge in [0, 0.05) is 0 Å². The van der Waals surface area contributed by atoms with Gasteiger partial charge in [0.15, 0.2) is 0 Å². The molecule has 0 atom stereocenters. The molecule has 0 radical (unpaired) electrons. The number of rotatable bonds is 2. The van der Waals surface area contributed by atoms with E-state index in [2.05, 4.69) is 15.2 Å². The van der Waals surface area contributed by atoms with Gasteiger partial charge in [-0.1, -0.05) is 6.07 Å². The fourth-order valence-corrected chi connectivity index (χ4v) is 0.970. The smallest absolute Gasteiger partial charge is 0.0867 e. The van der Waals surface area contributed by atoms with Crippen molar-refractivity contribution in [1.82, 2.24) is 4.98 Å². The lowest BCUT2D eigenvalue weighted by molar-refractivity contribution is 1.17. The molecule has 74 valence electrons. The zero-order valence-corrected chi connectivity index (χ0v) is 8.23. The van der Waals surface area contributed by atoms with Crippen LogP contribution in [-0.2, 0) is 0 Å². The van der Waals surface area contributed by atoms with E-state index in [-0.39, 0.29) is 0 Å². The van der Waals surface area contributed by atoms with Gasteiger partial charge in [0.2, 0.25) is 0 Å². The van der Waals surface area contributed by atoms with Gasteiger partial charge in [0.25, 0.3) is 0 Å². The van der Waals surface area contributed by atoms with Gasteiger partial charge >= 0.3 is 0 Å². The van der Waals surface area contributed by atoms with E-state index in [0.717, 1.165) is 11.4 Å². The first-order valence-corrected chi connectivity index (χ1v) is 4.15. The standard InChI is InChI=1S/C9H13N5/c1-6(13-10)8-4-3-5-9(12-8)7(2)14-11/h3-5H,10-11H2,1-2H3/b13-6+,14-7+. The van der Waals surface area contributed by atoms with Gasteiger partial charge < -0.3 is 11.7 Å². The fraction of sp³-hybridized carbons (Fsp3) is 0.222. The molecule has 4 N–H and O–H groups in total. The summed E-state index contributed by atoms with van der Waals surface area (Å²) in [7, 11) is 0. The molecule has 1 aromatic rings. The van der Waals surface area contributed by atoms with E-state index < -0.39 is 0 Å².